The minimum atomic E-state index is -0.608. The lowest BCUT2D eigenvalue weighted by molar-refractivity contribution is 0.102. The Labute approximate surface area is 130 Å². The van der Waals surface area contributed by atoms with Crippen molar-refractivity contribution < 1.29 is 0 Å². The first kappa shape index (κ1) is 14.3. The fourth-order valence-electron chi connectivity index (χ4n) is 3.66. The summed E-state index contributed by atoms with van der Waals surface area (Å²) in [5, 5.41) is 18.9. The van der Waals surface area contributed by atoms with Crippen LogP contribution in [-0.4, -0.2) is 28.0 Å². The van der Waals surface area contributed by atoms with Crippen molar-refractivity contribution in [3.63, 3.8) is 0 Å². The summed E-state index contributed by atoms with van der Waals surface area (Å²) in [6.07, 6.45) is 14.5. The van der Waals surface area contributed by atoms with Gasteiger partial charge in [-0.3, -0.25) is 9.88 Å². The third-order valence-electron chi connectivity index (χ3n) is 4.76. The zero-order chi connectivity index (χ0) is 15.7. The highest BCUT2D eigenvalue weighted by Crippen LogP contribution is 2.44. The molecular weight excluding hydrogens is 272 g/mol. The fraction of sp³-hybridized carbons (Fsp3) is 0.389. The molecule has 0 radical (unpaired) electrons. The minimum absolute atomic E-state index is 0.0465. The smallest absolute Gasteiger partial charge is 0.101 e. The molecule has 1 aromatic heterocycles. The van der Waals surface area contributed by atoms with Gasteiger partial charge in [-0.15, -0.1) is 6.42 Å². The zero-order valence-corrected chi connectivity index (χ0v) is 12.4. The quantitative estimate of drug-likeness (QED) is 0.618. The van der Waals surface area contributed by atoms with Crippen molar-refractivity contribution in [1.82, 2.24) is 9.88 Å². The van der Waals surface area contributed by atoms with Gasteiger partial charge in [0.1, 0.15) is 6.07 Å². The summed E-state index contributed by atoms with van der Waals surface area (Å²) in [4.78, 5) is 6.41. The Hall–Kier alpha value is -2.61. The van der Waals surface area contributed by atoms with Crippen LogP contribution in [0.15, 0.2) is 30.6 Å². The lowest BCUT2D eigenvalue weighted by atomic mass is 9.70. The Morgan fingerprint density at radius 3 is 2.55 bits per heavy atom. The lowest BCUT2D eigenvalue weighted by Gasteiger charge is -2.44. The molecule has 2 aliphatic rings. The van der Waals surface area contributed by atoms with Crippen LogP contribution in [0.5, 0.6) is 0 Å². The second-order valence-corrected chi connectivity index (χ2v) is 5.99. The zero-order valence-electron chi connectivity index (χ0n) is 12.4. The van der Waals surface area contributed by atoms with Crippen LogP contribution in [0.25, 0.3) is 0 Å². The van der Waals surface area contributed by atoms with Gasteiger partial charge in [-0.05, 0) is 31.4 Å². The molecule has 4 atom stereocenters. The SMILES string of the molecule is C#CC(C)N1[C@@H]2C=C[C@H]1C[C@](C#N)(c1cncc(C#N)c1)C2. The standard InChI is InChI=1S/C18H16N4/c1-3-13(2)22-16-4-5-17(22)8-18(7-16,12-20)15-6-14(9-19)10-21-11-15/h1,4-6,10-11,13,16-17H,7-8H2,2H3/t13?,16-,17+,18-. The molecule has 1 fully saturated rings. The van der Waals surface area contributed by atoms with Crippen molar-refractivity contribution in [3.8, 4) is 24.5 Å². The molecule has 108 valence electrons. The van der Waals surface area contributed by atoms with Crippen LogP contribution in [0.1, 0.15) is 30.9 Å². The number of nitrogens with zero attached hydrogens (tertiary/aromatic N) is 4. The monoisotopic (exact) mass is 288 g/mol. The maximum atomic E-state index is 9.86. The van der Waals surface area contributed by atoms with Gasteiger partial charge in [0.05, 0.1) is 23.1 Å². The highest BCUT2D eigenvalue weighted by molar-refractivity contribution is 5.40. The van der Waals surface area contributed by atoms with Crippen LogP contribution < -0.4 is 0 Å². The number of terminal acetylenes is 1. The van der Waals surface area contributed by atoms with Crippen molar-refractivity contribution in [2.24, 2.45) is 0 Å². The van der Waals surface area contributed by atoms with E-state index in [1.807, 2.05) is 6.92 Å². The van der Waals surface area contributed by atoms with Gasteiger partial charge in [-0.1, -0.05) is 18.1 Å². The lowest BCUT2D eigenvalue weighted by Crippen LogP contribution is -2.52. The average molecular weight is 288 g/mol. The molecule has 0 aromatic carbocycles. The third kappa shape index (κ3) is 2.08. The van der Waals surface area contributed by atoms with E-state index < -0.39 is 5.41 Å². The second kappa shape index (κ2) is 5.30. The topological polar surface area (TPSA) is 63.7 Å². The van der Waals surface area contributed by atoms with Gasteiger partial charge in [0, 0.05) is 24.5 Å². The van der Waals surface area contributed by atoms with Gasteiger partial charge in [0.25, 0.3) is 0 Å². The van der Waals surface area contributed by atoms with Gasteiger partial charge in [0.15, 0.2) is 0 Å². The molecular formula is C18H16N4. The summed E-state index contributed by atoms with van der Waals surface area (Å²) in [5.41, 5.74) is 0.719. The molecule has 1 unspecified atom stereocenters. The van der Waals surface area contributed by atoms with Gasteiger partial charge in [-0.2, -0.15) is 10.5 Å². The number of nitriles is 2. The first-order chi connectivity index (χ1) is 10.6. The van der Waals surface area contributed by atoms with E-state index in [4.69, 9.17) is 11.7 Å². The van der Waals surface area contributed by atoms with E-state index >= 15 is 0 Å². The van der Waals surface area contributed by atoms with E-state index in [2.05, 4.69) is 40.1 Å². The molecule has 0 amide bonds. The Morgan fingerprint density at radius 2 is 2.00 bits per heavy atom. The Morgan fingerprint density at radius 1 is 1.32 bits per heavy atom. The molecule has 22 heavy (non-hydrogen) atoms. The first-order valence-corrected chi connectivity index (χ1v) is 7.32. The predicted molar refractivity (Wildman–Crippen MR) is 82.3 cm³/mol. The van der Waals surface area contributed by atoms with Crippen LogP contribution in [0.4, 0.5) is 0 Å². The molecule has 4 nitrogen and oxygen atoms in total. The van der Waals surface area contributed by atoms with Gasteiger partial charge >= 0.3 is 0 Å². The summed E-state index contributed by atoms with van der Waals surface area (Å²) in [6, 6.07) is 6.75. The van der Waals surface area contributed by atoms with E-state index in [-0.39, 0.29) is 18.1 Å². The van der Waals surface area contributed by atoms with Gasteiger partial charge in [-0.25, -0.2) is 0 Å². The molecule has 2 bridgehead atoms. The van der Waals surface area contributed by atoms with Crippen LogP contribution in [0.2, 0.25) is 0 Å². The average Bonchev–Trinajstić information content (AvgIpc) is 2.85. The number of piperidine rings is 1. The molecule has 3 rings (SSSR count). The maximum absolute atomic E-state index is 9.86. The number of pyridine rings is 1. The minimum Gasteiger partial charge on any atom is -0.277 e. The third-order valence-corrected chi connectivity index (χ3v) is 4.76. The first-order valence-electron chi connectivity index (χ1n) is 7.32. The van der Waals surface area contributed by atoms with E-state index in [1.54, 1.807) is 12.3 Å². The molecule has 0 spiro atoms. The van der Waals surface area contributed by atoms with Crippen LogP contribution in [-0.2, 0) is 5.41 Å². The number of hydrogen-bond donors (Lipinski definition) is 0. The predicted octanol–water partition coefficient (Wildman–Crippen LogP) is 2.14. The molecule has 0 N–H and O–H groups in total. The van der Waals surface area contributed by atoms with E-state index in [9.17, 15) is 5.26 Å². The van der Waals surface area contributed by atoms with Gasteiger partial charge in [0.2, 0.25) is 0 Å². The number of hydrogen-bond acceptors (Lipinski definition) is 4. The fourth-order valence-corrected chi connectivity index (χ4v) is 3.66. The molecule has 0 saturated carbocycles. The Bertz CT molecular complexity index is 728. The maximum Gasteiger partial charge on any atom is 0.101 e. The van der Waals surface area contributed by atoms with Gasteiger partial charge < -0.3 is 0 Å². The van der Waals surface area contributed by atoms with E-state index in [0.29, 0.717) is 18.4 Å². The van der Waals surface area contributed by atoms with Crippen molar-refractivity contribution in [2.45, 2.75) is 43.3 Å². The van der Waals surface area contributed by atoms with Crippen LogP contribution in [0, 0.1) is 35.0 Å². The molecule has 0 aliphatic carbocycles. The summed E-state index contributed by atoms with van der Waals surface area (Å²) in [5.74, 6) is 2.79. The molecule has 4 heteroatoms. The normalized spacial score (nSPS) is 31.0. The Balaban J connectivity index is 1.97. The number of fused-ring (bicyclic) bond motifs is 2. The van der Waals surface area contributed by atoms with Crippen LogP contribution in [0.3, 0.4) is 0 Å². The highest BCUT2D eigenvalue weighted by Gasteiger charge is 2.48. The summed E-state index contributed by atoms with van der Waals surface area (Å²) in [6.45, 7) is 2.02. The highest BCUT2D eigenvalue weighted by atomic mass is 15.2. The van der Waals surface area contributed by atoms with Crippen molar-refractivity contribution in [1.29, 1.82) is 10.5 Å². The Kier molecular flexibility index (Phi) is 3.45. The second-order valence-electron chi connectivity index (χ2n) is 5.99. The van der Waals surface area contributed by atoms with E-state index in [0.717, 1.165) is 5.56 Å². The van der Waals surface area contributed by atoms with Crippen molar-refractivity contribution in [3.05, 3.63) is 41.7 Å². The number of aromatic nitrogens is 1. The molecule has 3 heterocycles. The van der Waals surface area contributed by atoms with E-state index in [1.165, 1.54) is 6.20 Å². The summed E-state index contributed by atoms with van der Waals surface area (Å²) >= 11 is 0. The molecule has 2 aliphatic heterocycles. The van der Waals surface area contributed by atoms with Crippen molar-refractivity contribution >= 4 is 0 Å². The molecule has 1 aromatic rings. The van der Waals surface area contributed by atoms with Crippen molar-refractivity contribution in [2.75, 3.05) is 0 Å². The summed E-state index contributed by atoms with van der Waals surface area (Å²) < 4.78 is 0. The van der Waals surface area contributed by atoms with Crippen LogP contribution >= 0.6 is 0 Å². The summed E-state index contributed by atoms with van der Waals surface area (Å²) in [7, 11) is 0. The largest absolute Gasteiger partial charge is 0.277 e. The number of rotatable bonds is 2. The molecule has 1 saturated heterocycles.